The van der Waals surface area contributed by atoms with Crippen LogP contribution in [0.1, 0.15) is 42.6 Å². The van der Waals surface area contributed by atoms with Crippen molar-refractivity contribution < 1.29 is 9.59 Å². The molecule has 106 valence electrons. The van der Waals surface area contributed by atoms with Gasteiger partial charge in [-0.05, 0) is 18.8 Å². The van der Waals surface area contributed by atoms with E-state index in [2.05, 4.69) is 10.3 Å². The number of nitrogens with one attached hydrogen (secondary N) is 1. The molecule has 0 saturated heterocycles. The first kappa shape index (κ1) is 16.1. The van der Waals surface area contributed by atoms with Crippen LogP contribution in [0.4, 0.5) is 5.13 Å². The molecule has 0 fully saturated rings. The molecule has 1 amide bonds. The molecular formula is C12H18ClN3O2S. The SMILES string of the molecule is C[C@H](N)C(=O)Nc1nc2c(s1)C(=O)CC(C)(C)C2.Cl. The minimum absolute atomic E-state index is 0. The molecule has 0 unspecified atom stereocenters. The molecule has 1 aromatic rings. The first-order valence-electron chi connectivity index (χ1n) is 5.88. The highest BCUT2D eigenvalue weighted by Gasteiger charge is 2.34. The fraction of sp³-hybridized carbons (Fsp3) is 0.583. The average molecular weight is 304 g/mol. The number of fused-ring (bicyclic) bond motifs is 1. The second kappa shape index (κ2) is 5.56. The molecule has 2 rings (SSSR count). The molecule has 0 bridgehead atoms. The smallest absolute Gasteiger partial charge is 0.242 e. The zero-order valence-electron chi connectivity index (χ0n) is 11.1. The molecule has 1 aromatic heterocycles. The van der Waals surface area contributed by atoms with Gasteiger partial charge in [-0.25, -0.2) is 4.98 Å². The van der Waals surface area contributed by atoms with Crippen LogP contribution in [0, 0.1) is 5.41 Å². The number of hydrogen-bond donors (Lipinski definition) is 2. The maximum Gasteiger partial charge on any atom is 0.242 e. The third-order valence-electron chi connectivity index (χ3n) is 2.88. The third-order valence-corrected chi connectivity index (χ3v) is 3.93. The summed E-state index contributed by atoms with van der Waals surface area (Å²) in [4.78, 5) is 28.5. The molecule has 3 N–H and O–H groups in total. The maximum atomic E-state index is 12.0. The number of aromatic nitrogens is 1. The quantitative estimate of drug-likeness (QED) is 0.875. The molecule has 1 aliphatic carbocycles. The van der Waals surface area contributed by atoms with E-state index in [1.165, 1.54) is 11.3 Å². The number of Topliss-reactive ketones (excluding diaryl/α,β-unsaturated/α-hetero) is 1. The van der Waals surface area contributed by atoms with Crippen LogP contribution in [0.25, 0.3) is 0 Å². The van der Waals surface area contributed by atoms with Crippen molar-refractivity contribution in [3.05, 3.63) is 10.6 Å². The molecule has 0 saturated carbocycles. The van der Waals surface area contributed by atoms with Gasteiger partial charge in [-0.2, -0.15) is 0 Å². The monoisotopic (exact) mass is 303 g/mol. The summed E-state index contributed by atoms with van der Waals surface area (Å²) in [6.45, 7) is 5.71. The number of carbonyl (C=O) groups excluding carboxylic acids is 2. The number of halogens is 1. The Kier molecular flexibility index (Phi) is 4.71. The van der Waals surface area contributed by atoms with Crippen LogP contribution in [-0.2, 0) is 11.2 Å². The molecule has 0 aromatic carbocycles. The normalized spacial score (nSPS) is 18.2. The number of nitrogens with two attached hydrogens (primary N) is 1. The van der Waals surface area contributed by atoms with Gasteiger partial charge in [0, 0.05) is 6.42 Å². The van der Waals surface area contributed by atoms with Gasteiger partial charge in [0.25, 0.3) is 0 Å². The standard InChI is InChI=1S/C12H17N3O2S.ClH/c1-6(13)10(17)15-11-14-7-4-12(2,3)5-8(16)9(7)18-11;/h6H,4-5,13H2,1-3H3,(H,14,15,17);1H/t6-;/m0./s1. The number of amides is 1. The predicted molar refractivity (Wildman–Crippen MR) is 78.1 cm³/mol. The Balaban J connectivity index is 0.00000180. The first-order valence-corrected chi connectivity index (χ1v) is 6.69. The van der Waals surface area contributed by atoms with E-state index in [4.69, 9.17) is 5.73 Å². The number of carbonyl (C=O) groups is 2. The van der Waals surface area contributed by atoms with Crippen molar-refractivity contribution in [3.63, 3.8) is 0 Å². The number of hydrogen-bond acceptors (Lipinski definition) is 5. The molecule has 7 heteroatoms. The Bertz CT molecular complexity index is 511. The Morgan fingerprint density at radius 3 is 2.68 bits per heavy atom. The van der Waals surface area contributed by atoms with Gasteiger partial charge in [-0.1, -0.05) is 25.2 Å². The summed E-state index contributed by atoms with van der Waals surface area (Å²) in [5, 5.41) is 3.10. The van der Waals surface area contributed by atoms with Crippen LogP contribution < -0.4 is 11.1 Å². The average Bonchev–Trinajstić information content (AvgIpc) is 2.58. The minimum atomic E-state index is -0.585. The van der Waals surface area contributed by atoms with Crippen LogP contribution in [0.3, 0.4) is 0 Å². The van der Waals surface area contributed by atoms with Crippen molar-refractivity contribution in [1.82, 2.24) is 4.98 Å². The maximum absolute atomic E-state index is 12.0. The topological polar surface area (TPSA) is 85.1 Å². The Morgan fingerprint density at radius 2 is 2.11 bits per heavy atom. The fourth-order valence-electron chi connectivity index (χ4n) is 1.99. The molecule has 19 heavy (non-hydrogen) atoms. The van der Waals surface area contributed by atoms with E-state index in [1.54, 1.807) is 6.92 Å². The molecular weight excluding hydrogens is 286 g/mol. The van der Waals surface area contributed by atoms with E-state index in [-0.39, 0.29) is 29.5 Å². The van der Waals surface area contributed by atoms with Crippen LogP contribution in [0.15, 0.2) is 0 Å². The van der Waals surface area contributed by atoms with Gasteiger partial charge in [-0.15, -0.1) is 12.4 Å². The number of nitrogens with zero attached hydrogens (tertiary/aromatic N) is 1. The summed E-state index contributed by atoms with van der Waals surface area (Å²) in [5.41, 5.74) is 6.21. The molecule has 0 aliphatic heterocycles. The van der Waals surface area contributed by atoms with Crippen LogP contribution >= 0.6 is 23.7 Å². The lowest BCUT2D eigenvalue weighted by Crippen LogP contribution is -2.32. The van der Waals surface area contributed by atoms with Crippen molar-refractivity contribution in [2.45, 2.75) is 39.7 Å². The van der Waals surface area contributed by atoms with Gasteiger partial charge in [0.2, 0.25) is 5.91 Å². The van der Waals surface area contributed by atoms with E-state index >= 15 is 0 Å². The van der Waals surface area contributed by atoms with E-state index in [9.17, 15) is 9.59 Å². The number of anilines is 1. The summed E-state index contributed by atoms with van der Waals surface area (Å²) < 4.78 is 0. The molecule has 1 atom stereocenters. The Morgan fingerprint density at radius 1 is 1.47 bits per heavy atom. The Hall–Kier alpha value is -0.980. The number of ketones is 1. The van der Waals surface area contributed by atoms with Gasteiger partial charge in [0.15, 0.2) is 10.9 Å². The lowest BCUT2D eigenvalue weighted by atomic mass is 9.78. The van der Waals surface area contributed by atoms with E-state index in [0.717, 1.165) is 12.1 Å². The van der Waals surface area contributed by atoms with Crippen molar-refractivity contribution in [1.29, 1.82) is 0 Å². The first-order chi connectivity index (χ1) is 8.28. The van der Waals surface area contributed by atoms with E-state index in [0.29, 0.717) is 16.4 Å². The lowest BCUT2D eigenvalue weighted by Gasteiger charge is -2.26. The van der Waals surface area contributed by atoms with Crippen LogP contribution in [0.2, 0.25) is 0 Å². The van der Waals surface area contributed by atoms with Crippen molar-refractivity contribution >= 4 is 40.6 Å². The second-order valence-corrected chi connectivity index (χ2v) is 6.51. The third kappa shape index (κ3) is 3.52. The van der Waals surface area contributed by atoms with Crippen molar-refractivity contribution in [2.24, 2.45) is 11.1 Å². The predicted octanol–water partition coefficient (Wildman–Crippen LogP) is 2.01. The summed E-state index contributed by atoms with van der Waals surface area (Å²) in [7, 11) is 0. The van der Waals surface area contributed by atoms with Crippen LogP contribution in [0.5, 0.6) is 0 Å². The summed E-state index contributed by atoms with van der Waals surface area (Å²) in [6.07, 6.45) is 1.29. The minimum Gasteiger partial charge on any atom is -0.320 e. The zero-order chi connectivity index (χ0) is 13.5. The number of thiazole rings is 1. The summed E-state index contributed by atoms with van der Waals surface area (Å²) >= 11 is 1.24. The molecule has 0 spiro atoms. The highest BCUT2D eigenvalue weighted by Crippen LogP contribution is 2.38. The highest BCUT2D eigenvalue weighted by atomic mass is 35.5. The van der Waals surface area contributed by atoms with Gasteiger partial charge < -0.3 is 11.1 Å². The van der Waals surface area contributed by atoms with Gasteiger partial charge in [0.1, 0.15) is 0 Å². The summed E-state index contributed by atoms with van der Waals surface area (Å²) in [5.74, 6) is -0.173. The molecule has 1 aliphatic rings. The molecule has 5 nitrogen and oxygen atoms in total. The van der Waals surface area contributed by atoms with Crippen molar-refractivity contribution in [3.8, 4) is 0 Å². The van der Waals surface area contributed by atoms with Crippen LogP contribution in [-0.4, -0.2) is 22.7 Å². The van der Waals surface area contributed by atoms with E-state index in [1.807, 2.05) is 13.8 Å². The Labute approximate surface area is 122 Å². The highest BCUT2D eigenvalue weighted by molar-refractivity contribution is 7.17. The van der Waals surface area contributed by atoms with Crippen molar-refractivity contribution in [2.75, 3.05) is 5.32 Å². The second-order valence-electron chi connectivity index (χ2n) is 5.51. The fourth-order valence-corrected chi connectivity index (χ4v) is 2.92. The summed E-state index contributed by atoms with van der Waals surface area (Å²) in [6, 6.07) is -0.585. The van der Waals surface area contributed by atoms with Gasteiger partial charge in [-0.3, -0.25) is 9.59 Å². The van der Waals surface area contributed by atoms with E-state index < -0.39 is 6.04 Å². The van der Waals surface area contributed by atoms with Gasteiger partial charge >= 0.3 is 0 Å². The molecule has 0 radical (unpaired) electrons. The zero-order valence-corrected chi connectivity index (χ0v) is 12.8. The van der Waals surface area contributed by atoms with Gasteiger partial charge in [0.05, 0.1) is 16.6 Å². The largest absolute Gasteiger partial charge is 0.320 e. The lowest BCUT2D eigenvalue weighted by molar-refractivity contribution is -0.117. The molecule has 1 heterocycles. The number of rotatable bonds is 2.